The van der Waals surface area contributed by atoms with Gasteiger partial charge in [-0.3, -0.25) is 4.79 Å². The Bertz CT molecular complexity index is 1150. The molecule has 0 unspecified atom stereocenters. The van der Waals surface area contributed by atoms with E-state index in [1.165, 1.54) is 17.4 Å². The molecule has 29 heavy (non-hydrogen) atoms. The van der Waals surface area contributed by atoms with Gasteiger partial charge in [0.05, 0.1) is 5.75 Å². The van der Waals surface area contributed by atoms with E-state index in [-0.39, 0.29) is 11.6 Å². The lowest BCUT2D eigenvalue weighted by molar-refractivity contribution is -0.113. The number of hydrogen-bond acceptors (Lipinski definition) is 5. The SMILES string of the molecule is Cc1ccc(Cc2cnc(NC(=O)CS(=O)(=O)Cc3cccc(Br)c3)s2)cc1F. The number of aromatic nitrogens is 1. The topological polar surface area (TPSA) is 76.1 Å². The zero-order chi connectivity index (χ0) is 21.0. The number of sulfone groups is 1. The van der Waals surface area contributed by atoms with Gasteiger partial charge < -0.3 is 5.32 Å². The van der Waals surface area contributed by atoms with E-state index >= 15 is 0 Å². The molecule has 5 nitrogen and oxygen atoms in total. The van der Waals surface area contributed by atoms with Gasteiger partial charge in [0, 0.05) is 22.0 Å². The second-order valence-corrected chi connectivity index (χ2v) is 10.7. The molecule has 0 saturated heterocycles. The molecule has 3 aromatic rings. The Balaban J connectivity index is 1.58. The van der Waals surface area contributed by atoms with Gasteiger partial charge in [-0.25, -0.2) is 17.8 Å². The first-order valence-corrected chi connectivity index (χ1v) is 12.1. The molecule has 0 bridgehead atoms. The van der Waals surface area contributed by atoms with Crippen molar-refractivity contribution in [1.82, 2.24) is 4.98 Å². The fourth-order valence-electron chi connectivity index (χ4n) is 2.68. The zero-order valence-corrected chi connectivity index (χ0v) is 18.7. The van der Waals surface area contributed by atoms with E-state index in [0.717, 1.165) is 14.9 Å². The average Bonchev–Trinajstić information content (AvgIpc) is 3.03. The number of anilines is 1. The largest absolute Gasteiger partial charge is 0.301 e. The maximum atomic E-state index is 13.7. The smallest absolute Gasteiger partial charge is 0.241 e. The molecule has 9 heteroatoms. The van der Waals surface area contributed by atoms with Crippen molar-refractivity contribution in [1.29, 1.82) is 0 Å². The van der Waals surface area contributed by atoms with Gasteiger partial charge in [-0.2, -0.15) is 0 Å². The van der Waals surface area contributed by atoms with Crippen LogP contribution in [0.5, 0.6) is 0 Å². The minimum atomic E-state index is -3.62. The number of nitrogens with one attached hydrogen (secondary N) is 1. The Kier molecular flexibility index (Phi) is 6.81. The van der Waals surface area contributed by atoms with E-state index in [9.17, 15) is 17.6 Å². The number of nitrogens with zero attached hydrogens (tertiary/aromatic N) is 1. The molecular weight excluding hydrogens is 479 g/mol. The summed E-state index contributed by atoms with van der Waals surface area (Å²) in [5.41, 5.74) is 1.98. The highest BCUT2D eigenvalue weighted by atomic mass is 79.9. The molecule has 1 heterocycles. The van der Waals surface area contributed by atoms with Crippen LogP contribution >= 0.6 is 27.3 Å². The van der Waals surface area contributed by atoms with Gasteiger partial charge in [-0.05, 0) is 41.8 Å². The Labute approximate surface area is 181 Å². The van der Waals surface area contributed by atoms with Crippen LogP contribution in [-0.4, -0.2) is 25.1 Å². The highest BCUT2D eigenvalue weighted by Crippen LogP contribution is 2.22. The maximum absolute atomic E-state index is 13.7. The first-order valence-electron chi connectivity index (χ1n) is 8.65. The van der Waals surface area contributed by atoms with Crippen LogP contribution in [0, 0.1) is 12.7 Å². The van der Waals surface area contributed by atoms with Crippen molar-refractivity contribution in [2.45, 2.75) is 19.1 Å². The van der Waals surface area contributed by atoms with Crippen molar-refractivity contribution >= 4 is 48.1 Å². The van der Waals surface area contributed by atoms with Crippen molar-refractivity contribution in [3.05, 3.63) is 80.5 Å². The van der Waals surface area contributed by atoms with Gasteiger partial charge in [0.2, 0.25) is 5.91 Å². The Morgan fingerprint density at radius 2 is 2.00 bits per heavy atom. The third-order valence-electron chi connectivity index (χ3n) is 4.04. The van der Waals surface area contributed by atoms with Crippen molar-refractivity contribution in [2.75, 3.05) is 11.1 Å². The van der Waals surface area contributed by atoms with Crippen LogP contribution in [0.2, 0.25) is 0 Å². The van der Waals surface area contributed by atoms with Crippen LogP contribution in [0.1, 0.15) is 21.6 Å². The highest BCUT2D eigenvalue weighted by molar-refractivity contribution is 9.10. The maximum Gasteiger partial charge on any atom is 0.241 e. The number of carbonyl (C=O) groups excluding carboxylic acids is 1. The van der Waals surface area contributed by atoms with E-state index < -0.39 is 21.5 Å². The number of rotatable bonds is 7. The summed E-state index contributed by atoms with van der Waals surface area (Å²) in [7, 11) is -3.62. The lowest BCUT2D eigenvalue weighted by Crippen LogP contribution is -2.23. The van der Waals surface area contributed by atoms with Crippen molar-refractivity contribution in [3.8, 4) is 0 Å². The molecule has 152 valence electrons. The van der Waals surface area contributed by atoms with Gasteiger partial charge in [0.1, 0.15) is 11.6 Å². The van der Waals surface area contributed by atoms with Crippen LogP contribution in [0.4, 0.5) is 9.52 Å². The van der Waals surface area contributed by atoms with E-state index in [1.54, 1.807) is 43.5 Å². The van der Waals surface area contributed by atoms with Gasteiger partial charge in [-0.15, -0.1) is 11.3 Å². The van der Waals surface area contributed by atoms with Crippen LogP contribution in [-0.2, 0) is 26.8 Å². The molecule has 0 aliphatic carbocycles. The minimum Gasteiger partial charge on any atom is -0.301 e. The number of thiazole rings is 1. The predicted molar refractivity (Wildman–Crippen MR) is 116 cm³/mol. The molecule has 2 aromatic carbocycles. The predicted octanol–water partition coefficient (Wildman–Crippen LogP) is 4.50. The monoisotopic (exact) mass is 496 g/mol. The first kappa shape index (κ1) is 21.6. The van der Waals surface area contributed by atoms with E-state index in [2.05, 4.69) is 26.2 Å². The number of aryl methyl sites for hydroxylation is 1. The number of halogens is 2. The van der Waals surface area contributed by atoms with Gasteiger partial charge in [0.15, 0.2) is 15.0 Å². The van der Waals surface area contributed by atoms with Gasteiger partial charge in [-0.1, -0.05) is 40.2 Å². The summed E-state index contributed by atoms with van der Waals surface area (Å²) in [6, 6.07) is 12.0. The van der Waals surface area contributed by atoms with Crippen LogP contribution in [0.15, 0.2) is 53.1 Å². The lowest BCUT2D eigenvalue weighted by Gasteiger charge is -2.05. The quantitative estimate of drug-likeness (QED) is 0.522. The molecular formula is C20H18BrFN2O3S2. The van der Waals surface area contributed by atoms with Crippen LogP contribution in [0.3, 0.4) is 0 Å². The molecule has 0 atom stereocenters. The van der Waals surface area contributed by atoms with E-state index in [1.807, 2.05) is 6.07 Å². The second-order valence-electron chi connectivity index (χ2n) is 6.60. The Hall–Kier alpha value is -2.10. The van der Waals surface area contributed by atoms with E-state index in [4.69, 9.17) is 0 Å². The van der Waals surface area contributed by atoms with Crippen molar-refractivity contribution in [2.24, 2.45) is 0 Å². The molecule has 0 radical (unpaired) electrons. The summed E-state index contributed by atoms with van der Waals surface area (Å²) in [4.78, 5) is 17.1. The standard InChI is InChI=1S/C20H18BrFN2O3S2/c1-13-5-6-14(9-18(13)22)8-17-10-23-20(28-17)24-19(25)12-29(26,27)11-15-3-2-4-16(21)7-15/h2-7,9-10H,8,11-12H2,1H3,(H,23,24,25). The molecule has 1 aromatic heterocycles. The summed E-state index contributed by atoms with van der Waals surface area (Å²) in [5.74, 6) is -1.75. The molecule has 1 N–H and O–H groups in total. The van der Waals surface area contributed by atoms with Crippen LogP contribution in [0.25, 0.3) is 0 Å². The van der Waals surface area contributed by atoms with Gasteiger partial charge >= 0.3 is 0 Å². The zero-order valence-electron chi connectivity index (χ0n) is 15.5. The number of benzene rings is 2. The molecule has 0 aliphatic heterocycles. The molecule has 1 amide bonds. The number of hydrogen-bond donors (Lipinski definition) is 1. The van der Waals surface area contributed by atoms with Gasteiger partial charge in [0.25, 0.3) is 0 Å². The molecule has 0 saturated carbocycles. The van der Waals surface area contributed by atoms with Crippen molar-refractivity contribution < 1.29 is 17.6 Å². The molecule has 0 spiro atoms. The third kappa shape index (κ3) is 6.45. The number of amides is 1. The molecule has 0 aliphatic rings. The summed E-state index contributed by atoms with van der Waals surface area (Å²) < 4.78 is 39.0. The minimum absolute atomic E-state index is 0.220. The Morgan fingerprint density at radius 1 is 1.21 bits per heavy atom. The summed E-state index contributed by atoms with van der Waals surface area (Å²) >= 11 is 4.53. The molecule has 3 rings (SSSR count). The first-order chi connectivity index (χ1) is 13.7. The Morgan fingerprint density at radius 3 is 2.72 bits per heavy atom. The van der Waals surface area contributed by atoms with Crippen molar-refractivity contribution in [3.63, 3.8) is 0 Å². The summed E-state index contributed by atoms with van der Waals surface area (Å²) in [6.45, 7) is 1.70. The molecule has 0 fully saturated rings. The fourth-order valence-corrected chi connectivity index (χ4v) is 5.25. The normalized spacial score (nSPS) is 11.4. The van der Waals surface area contributed by atoms with E-state index in [0.29, 0.717) is 22.7 Å². The summed E-state index contributed by atoms with van der Waals surface area (Å²) in [6.07, 6.45) is 2.07. The lowest BCUT2D eigenvalue weighted by atomic mass is 10.1. The second kappa shape index (κ2) is 9.15. The van der Waals surface area contributed by atoms with Crippen LogP contribution < -0.4 is 5.32 Å². The average molecular weight is 497 g/mol. The fraction of sp³-hybridized carbons (Fsp3) is 0.200. The third-order valence-corrected chi connectivity index (χ3v) is 6.92. The number of carbonyl (C=O) groups is 1. The highest BCUT2D eigenvalue weighted by Gasteiger charge is 2.19. The summed E-state index contributed by atoms with van der Waals surface area (Å²) in [5, 5.41) is 2.84.